The maximum absolute atomic E-state index is 5.51. The Morgan fingerprint density at radius 3 is 2.55 bits per heavy atom. The maximum Gasteiger partial charge on any atom is 0.227 e. The third-order valence-electron chi connectivity index (χ3n) is 9.50. The molecule has 2 aromatic rings. The van der Waals surface area contributed by atoms with E-state index in [4.69, 9.17) is 19.7 Å². The summed E-state index contributed by atoms with van der Waals surface area (Å²) in [7, 11) is 0. The fourth-order valence-electron chi connectivity index (χ4n) is 7.53. The molecule has 4 aliphatic rings. The first-order valence-corrected chi connectivity index (χ1v) is 15.1. The lowest BCUT2D eigenvalue weighted by Gasteiger charge is -2.52. The number of aliphatic imine (C=N–C) groups is 1. The quantitative estimate of drug-likeness (QED) is 0.496. The van der Waals surface area contributed by atoms with Gasteiger partial charge in [-0.2, -0.15) is 5.10 Å². The number of aryl methyl sites for hydroxylation is 1. The second-order valence-electron chi connectivity index (χ2n) is 12.2. The van der Waals surface area contributed by atoms with Crippen LogP contribution in [-0.4, -0.2) is 68.2 Å². The maximum atomic E-state index is 5.51. The van der Waals surface area contributed by atoms with Gasteiger partial charge in [-0.1, -0.05) is 6.42 Å². The van der Waals surface area contributed by atoms with Crippen LogP contribution < -0.4 is 5.32 Å². The summed E-state index contributed by atoms with van der Waals surface area (Å²) in [6, 6.07) is 2.81. The normalized spacial score (nSPS) is 28.4. The first kappa shape index (κ1) is 25.9. The molecule has 0 aromatic carbocycles. The van der Waals surface area contributed by atoms with Crippen LogP contribution in [0.5, 0.6) is 0 Å². The molecular weight excluding hydrogens is 474 g/mol. The van der Waals surface area contributed by atoms with Gasteiger partial charge in [0.2, 0.25) is 5.95 Å². The Morgan fingerprint density at radius 1 is 1.00 bits per heavy atom. The first-order chi connectivity index (χ1) is 18.5. The van der Waals surface area contributed by atoms with Gasteiger partial charge in [-0.05, 0) is 84.5 Å². The molecule has 3 fully saturated rings. The fourth-order valence-corrected chi connectivity index (χ4v) is 7.53. The molecule has 2 aromatic heterocycles. The molecule has 2 atom stereocenters. The van der Waals surface area contributed by atoms with E-state index >= 15 is 0 Å². The van der Waals surface area contributed by atoms with Crippen molar-refractivity contribution in [2.45, 2.75) is 116 Å². The van der Waals surface area contributed by atoms with Crippen molar-refractivity contribution in [1.82, 2.24) is 24.6 Å². The highest BCUT2D eigenvalue weighted by atomic mass is 16.5. The molecule has 206 valence electrons. The molecule has 6 rings (SSSR count). The topological polar surface area (TPSA) is 80.5 Å². The van der Waals surface area contributed by atoms with Crippen molar-refractivity contribution < 1.29 is 4.74 Å². The van der Waals surface area contributed by atoms with Crippen LogP contribution in [0.1, 0.15) is 102 Å². The molecule has 2 saturated heterocycles. The number of hydrogen-bond acceptors (Lipinski definition) is 7. The highest BCUT2D eigenvalue weighted by molar-refractivity contribution is 6.01. The smallest absolute Gasteiger partial charge is 0.227 e. The van der Waals surface area contributed by atoms with Crippen molar-refractivity contribution in [2.24, 2.45) is 10.9 Å². The summed E-state index contributed by atoms with van der Waals surface area (Å²) in [5.74, 6) is 1.55. The van der Waals surface area contributed by atoms with Gasteiger partial charge in [0.25, 0.3) is 0 Å². The Balaban J connectivity index is 1.08. The molecule has 1 N–H and O–H groups in total. The average Bonchev–Trinajstić information content (AvgIpc) is 3.38. The van der Waals surface area contributed by atoms with Crippen LogP contribution in [0.3, 0.4) is 0 Å². The molecule has 3 aliphatic heterocycles. The Morgan fingerprint density at radius 2 is 1.79 bits per heavy atom. The van der Waals surface area contributed by atoms with Gasteiger partial charge in [-0.3, -0.25) is 14.6 Å². The van der Waals surface area contributed by atoms with Crippen molar-refractivity contribution in [1.29, 1.82) is 0 Å². The van der Waals surface area contributed by atoms with Gasteiger partial charge in [0.05, 0.1) is 29.3 Å². The Labute approximate surface area is 227 Å². The van der Waals surface area contributed by atoms with Crippen LogP contribution in [-0.2, 0) is 17.6 Å². The number of rotatable bonds is 8. The molecule has 8 heteroatoms. The van der Waals surface area contributed by atoms with E-state index in [0.717, 1.165) is 92.3 Å². The molecule has 38 heavy (non-hydrogen) atoms. The number of likely N-dealkylation sites (tertiary alicyclic amines) is 1. The van der Waals surface area contributed by atoms with E-state index in [9.17, 15) is 0 Å². The number of aromatic nitrogens is 4. The van der Waals surface area contributed by atoms with Crippen LogP contribution in [0.2, 0.25) is 0 Å². The molecule has 2 unspecified atom stereocenters. The van der Waals surface area contributed by atoms with E-state index < -0.39 is 0 Å². The minimum Gasteiger partial charge on any atom is -0.381 e. The first-order valence-electron chi connectivity index (χ1n) is 15.1. The van der Waals surface area contributed by atoms with Crippen LogP contribution >= 0.6 is 0 Å². The largest absolute Gasteiger partial charge is 0.381 e. The molecule has 5 heterocycles. The van der Waals surface area contributed by atoms with Gasteiger partial charge in [0, 0.05) is 61.8 Å². The van der Waals surface area contributed by atoms with E-state index in [1.807, 2.05) is 6.20 Å². The monoisotopic (exact) mass is 519 g/mol. The molecule has 0 spiro atoms. The average molecular weight is 520 g/mol. The zero-order chi connectivity index (χ0) is 26.1. The van der Waals surface area contributed by atoms with Gasteiger partial charge in [-0.15, -0.1) is 0 Å². The van der Waals surface area contributed by atoms with E-state index in [0.29, 0.717) is 12.0 Å². The van der Waals surface area contributed by atoms with Crippen molar-refractivity contribution in [3.8, 4) is 0 Å². The lowest BCUT2D eigenvalue weighted by Crippen LogP contribution is -2.58. The molecule has 0 bridgehead atoms. The van der Waals surface area contributed by atoms with Gasteiger partial charge in [0.1, 0.15) is 0 Å². The summed E-state index contributed by atoms with van der Waals surface area (Å²) in [6.07, 6.45) is 17.3. The third-order valence-corrected chi connectivity index (χ3v) is 9.50. The second kappa shape index (κ2) is 11.4. The fraction of sp³-hybridized carbons (Fsp3) is 0.733. The number of anilines is 2. The van der Waals surface area contributed by atoms with Crippen molar-refractivity contribution >= 4 is 17.3 Å². The Bertz CT molecular complexity index is 1120. The van der Waals surface area contributed by atoms with Crippen molar-refractivity contribution in [2.75, 3.05) is 25.1 Å². The number of hydrogen-bond donors (Lipinski definition) is 1. The Kier molecular flexibility index (Phi) is 7.80. The minimum atomic E-state index is 0.408. The second-order valence-corrected chi connectivity index (χ2v) is 12.2. The van der Waals surface area contributed by atoms with Crippen LogP contribution in [0.25, 0.3) is 0 Å². The van der Waals surface area contributed by atoms with Crippen molar-refractivity contribution in [3.63, 3.8) is 0 Å². The molecular formula is C30H45N7O. The van der Waals surface area contributed by atoms with Gasteiger partial charge in [-0.25, -0.2) is 9.97 Å². The summed E-state index contributed by atoms with van der Waals surface area (Å²) in [4.78, 5) is 17.5. The predicted molar refractivity (Wildman–Crippen MR) is 151 cm³/mol. The SMILES string of the molecule is CC1=NCCc2nc(Nc3cnn(C4CCOCC4)c3)nc(CCCC3CCC(N4C(C)CC4C)CC3)c21. The zero-order valence-electron chi connectivity index (χ0n) is 23.5. The summed E-state index contributed by atoms with van der Waals surface area (Å²) < 4.78 is 7.58. The third kappa shape index (κ3) is 5.53. The van der Waals surface area contributed by atoms with E-state index in [1.165, 1.54) is 50.5 Å². The van der Waals surface area contributed by atoms with Crippen LogP contribution in [0, 0.1) is 5.92 Å². The number of ether oxygens (including phenoxy) is 1. The van der Waals surface area contributed by atoms with E-state index in [1.54, 1.807) is 0 Å². The van der Waals surface area contributed by atoms with Gasteiger partial charge >= 0.3 is 0 Å². The zero-order valence-corrected chi connectivity index (χ0v) is 23.5. The standard InChI is InChI=1S/C30H45N7O/c1-20-17-21(2)37(20)26-9-7-23(8-10-26)5-4-6-27-29-22(3)31-14-11-28(29)35-30(34-27)33-24-18-32-36(19-24)25-12-15-38-16-13-25/h18-21,23,25-26H,4-17H2,1-3H3,(H,33,34,35). The number of nitrogens with one attached hydrogen (secondary N) is 1. The highest BCUT2D eigenvalue weighted by Gasteiger charge is 2.38. The number of nitrogens with zero attached hydrogens (tertiary/aromatic N) is 6. The lowest BCUT2D eigenvalue weighted by molar-refractivity contribution is -0.0249. The van der Waals surface area contributed by atoms with E-state index in [-0.39, 0.29) is 0 Å². The summed E-state index contributed by atoms with van der Waals surface area (Å²) >= 11 is 0. The number of fused-ring (bicyclic) bond motifs is 1. The van der Waals surface area contributed by atoms with Crippen LogP contribution in [0.15, 0.2) is 17.4 Å². The summed E-state index contributed by atoms with van der Waals surface area (Å²) in [5.41, 5.74) is 5.54. The minimum absolute atomic E-state index is 0.408. The molecule has 1 aliphatic carbocycles. The molecule has 1 saturated carbocycles. The predicted octanol–water partition coefficient (Wildman–Crippen LogP) is 5.50. The molecule has 0 radical (unpaired) electrons. The van der Waals surface area contributed by atoms with Gasteiger partial charge < -0.3 is 10.1 Å². The van der Waals surface area contributed by atoms with Crippen molar-refractivity contribution in [3.05, 3.63) is 29.3 Å². The van der Waals surface area contributed by atoms with Gasteiger partial charge in [0.15, 0.2) is 0 Å². The summed E-state index contributed by atoms with van der Waals surface area (Å²) in [5, 5.41) is 8.07. The van der Waals surface area contributed by atoms with E-state index in [2.05, 4.69) is 47.0 Å². The Hall–Kier alpha value is -2.32. The summed E-state index contributed by atoms with van der Waals surface area (Å²) in [6.45, 7) is 9.36. The lowest BCUT2D eigenvalue weighted by atomic mass is 9.79. The highest BCUT2D eigenvalue weighted by Crippen LogP contribution is 2.37. The van der Waals surface area contributed by atoms with Crippen LogP contribution in [0.4, 0.5) is 11.6 Å². The molecule has 0 amide bonds. The molecule has 8 nitrogen and oxygen atoms in total.